The fourth-order valence-electron chi connectivity index (χ4n) is 10.4. The highest BCUT2D eigenvalue weighted by Gasteiger charge is 2.38. The lowest BCUT2D eigenvalue weighted by atomic mass is 9.79. The van der Waals surface area contributed by atoms with Crippen molar-refractivity contribution in [3.8, 4) is 55.6 Å². The van der Waals surface area contributed by atoms with Crippen LogP contribution in [0.2, 0.25) is 0 Å². The summed E-state index contributed by atoms with van der Waals surface area (Å²) < 4.78 is 0. The molecule has 0 bridgehead atoms. The second-order valence-corrected chi connectivity index (χ2v) is 17.3. The molecule has 0 amide bonds. The van der Waals surface area contributed by atoms with E-state index in [1.165, 1.54) is 88.7 Å². The van der Waals surface area contributed by atoms with Crippen LogP contribution < -0.4 is 4.90 Å². The van der Waals surface area contributed by atoms with E-state index in [0.717, 1.165) is 17.1 Å². The molecule has 9 aromatic carbocycles. The van der Waals surface area contributed by atoms with E-state index in [0.29, 0.717) is 0 Å². The van der Waals surface area contributed by atoms with Gasteiger partial charge in [0, 0.05) is 27.6 Å². The maximum Gasteiger partial charge on any atom is 0.0546 e. The van der Waals surface area contributed by atoms with Crippen LogP contribution in [0.3, 0.4) is 0 Å². The van der Waals surface area contributed by atoms with Crippen LogP contribution in [0.25, 0.3) is 66.4 Å². The SMILES string of the molecule is CC1(C)c2ccccc2-c2ccc(-c3ccccc3N(c3ccc(-c4cccc5c4C(C)(C)c4ccccc4-5)cc3)c3ccc4ccccc4c3-c3ccccc3)cc21. The predicted octanol–water partition coefficient (Wildman–Crippen LogP) is 15.9. The lowest BCUT2D eigenvalue weighted by molar-refractivity contribution is 0.660. The molecule has 0 radical (unpaired) electrons. The summed E-state index contributed by atoms with van der Waals surface area (Å²) in [6.07, 6.45) is 0. The van der Waals surface area contributed by atoms with Crippen molar-refractivity contribution >= 4 is 27.8 Å². The first kappa shape index (κ1) is 35.2. The molecule has 0 unspecified atom stereocenters. The number of hydrogen-bond donors (Lipinski definition) is 0. The highest BCUT2D eigenvalue weighted by atomic mass is 15.1. The average molecular weight is 756 g/mol. The van der Waals surface area contributed by atoms with Crippen molar-refractivity contribution in [2.75, 3.05) is 4.90 Å². The Bertz CT molecular complexity index is 3090. The van der Waals surface area contributed by atoms with Gasteiger partial charge in [0.15, 0.2) is 0 Å². The molecule has 1 heteroatoms. The highest BCUT2D eigenvalue weighted by molar-refractivity contribution is 6.06. The van der Waals surface area contributed by atoms with E-state index < -0.39 is 0 Å². The molecular formula is C58H45N. The van der Waals surface area contributed by atoms with Crippen molar-refractivity contribution in [1.82, 2.24) is 0 Å². The van der Waals surface area contributed by atoms with Crippen molar-refractivity contribution < 1.29 is 0 Å². The molecular weight excluding hydrogens is 711 g/mol. The van der Waals surface area contributed by atoms with Gasteiger partial charge in [-0.25, -0.2) is 0 Å². The van der Waals surface area contributed by atoms with Gasteiger partial charge in [-0.05, 0) is 108 Å². The Morgan fingerprint density at radius 1 is 0.339 bits per heavy atom. The molecule has 282 valence electrons. The molecule has 11 rings (SSSR count). The zero-order valence-electron chi connectivity index (χ0n) is 34.0. The zero-order valence-corrected chi connectivity index (χ0v) is 34.0. The van der Waals surface area contributed by atoms with Crippen molar-refractivity contribution in [1.29, 1.82) is 0 Å². The molecule has 0 aliphatic heterocycles. The molecule has 0 atom stereocenters. The third kappa shape index (κ3) is 5.38. The minimum Gasteiger partial charge on any atom is -0.309 e. The summed E-state index contributed by atoms with van der Waals surface area (Å²) in [5, 5.41) is 2.45. The van der Waals surface area contributed by atoms with Crippen LogP contribution in [0.1, 0.15) is 49.9 Å². The molecule has 0 heterocycles. The second kappa shape index (κ2) is 13.3. The summed E-state index contributed by atoms with van der Waals surface area (Å²) in [6.45, 7) is 9.48. The fourth-order valence-corrected chi connectivity index (χ4v) is 10.4. The Balaban J connectivity index is 1.12. The van der Waals surface area contributed by atoms with E-state index in [4.69, 9.17) is 0 Å². The number of para-hydroxylation sites is 1. The maximum atomic E-state index is 2.50. The molecule has 1 nitrogen and oxygen atoms in total. The van der Waals surface area contributed by atoms with Crippen LogP contribution in [0.5, 0.6) is 0 Å². The molecule has 2 aliphatic rings. The number of rotatable bonds is 6. The van der Waals surface area contributed by atoms with Crippen molar-refractivity contribution in [2.45, 2.75) is 38.5 Å². The van der Waals surface area contributed by atoms with Gasteiger partial charge in [-0.2, -0.15) is 0 Å². The molecule has 0 saturated heterocycles. The van der Waals surface area contributed by atoms with Gasteiger partial charge in [0.05, 0.1) is 11.4 Å². The number of nitrogens with zero attached hydrogens (tertiary/aromatic N) is 1. The largest absolute Gasteiger partial charge is 0.309 e. The topological polar surface area (TPSA) is 3.24 Å². The van der Waals surface area contributed by atoms with Gasteiger partial charge < -0.3 is 4.90 Å². The molecule has 0 spiro atoms. The smallest absolute Gasteiger partial charge is 0.0546 e. The van der Waals surface area contributed by atoms with Crippen molar-refractivity contribution in [3.05, 3.63) is 222 Å². The third-order valence-electron chi connectivity index (χ3n) is 13.3. The third-order valence-corrected chi connectivity index (χ3v) is 13.3. The second-order valence-electron chi connectivity index (χ2n) is 17.3. The van der Waals surface area contributed by atoms with Crippen LogP contribution in [0.15, 0.2) is 200 Å². The highest BCUT2D eigenvalue weighted by Crippen LogP contribution is 2.54. The molecule has 9 aromatic rings. The Morgan fingerprint density at radius 2 is 0.915 bits per heavy atom. The molecule has 0 saturated carbocycles. The summed E-state index contributed by atoms with van der Waals surface area (Å²) in [4.78, 5) is 2.50. The van der Waals surface area contributed by atoms with Crippen molar-refractivity contribution in [3.63, 3.8) is 0 Å². The van der Waals surface area contributed by atoms with Gasteiger partial charge in [-0.1, -0.05) is 198 Å². The maximum absolute atomic E-state index is 2.50. The van der Waals surface area contributed by atoms with Gasteiger partial charge in [-0.15, -0.1) is 0 Å². The lowest BCUT2D eigenvalue weighted by Gasteiger charge is -2.31. The Morgan fingerprint density at radius 3 is 1.69 bits per heavy atom. The van der Waals surface area contributed by atoms with E-state index in [2.05, 4.69) is 233 Å². The first-order valence-electron chi connectivity index (χ1n) is 20.9. The van der Waals surface area contributed by atoms with E-state index in [1.54, 1.807) is 0 Å². The molecule has 0 N–H and O–H groups in total. The summed E-state index contributed by atoms with van der Waals surface area (Å²) >= 11 is 0. The number of benzene rings is 9. The van der Waals surface area contributed by atoms with Gasteiger partial charge in [0.25, 0.3) is 0 Å². The minimum atomic E-state index is -0.104. The summed E-state index contributed by atoms with van der Waals surface area (Å²) in [5.41, 5.74) is 21.4. The van der Waals surface area contributed by atoms with E-state index >= 15 is 0 Å². The van der Waals surface area contributed by atoms with E-state index in [1.807, 2.05) is 0 Å². The molecule has 0 fully saturated rings. The molecule has 2 aliphatic carbocycles. The first-order chi connectivity index (χ1) is 28.8. The van der Waals surface area contributed by atoms with Gasteiger partial charge in [-0.3, -0.25) is 0 Å². The van der Waals surface area contributed by atoms with Crippen molar-refractivity contribution in [2.24, 2.45) is 0 Å². The van der Waals surface area contributed by atoms with Gasteiger partial charge in [0.1, 0.15) is 0 Å². The summed E-state index contributed by atoms with van der Waals surface area (Å²) in [6, 6.07) is 74.3. The fraction of sp³-hybridized carbons (Fsp3) is 0.103. The van der Waals surface area contributed by atoms with Crippen LogP contribution in [0, 0.1) is 0 Å². The summed E-state index contributed by atoms with van der Waals surface area (Å²) in [5.74, 6) is 0. The van der Waals surface area contributed by atoms with Crippen LogP contribution in [-0.2, 0) is 10.8 Å². The Hall–Kier alpha value is -6.96. The monoisotopic (exact) mass is 755 g/mol. The molecule has 0 aromatic heterocycles. The minimum absolute atomic E-state index is 0.0984. The number of anilines is 3. The standard InChI is InChI=1S/C58H45N/c1-57(2)50-26-13-10-22-46(50)48-35-31-41(37-52(48)57)43-20-12-15-28-53(43)59(54-36-32-38-17-8-9-21-44(38)55(54)40-18-6-5-7-19-40)42-33-29-39(30-34-42)45-24-16-25-49-47-23-11-14-27-51(47)58(3,4)56(45)49/h5-37H,1-4H3. The van der Waals surface area contributed by atoms with E-state index in [-0.39, 0.29) is 10.8 Å². The zero-order chi connectivity index (χ0) is 39.9. The van der Waals surface area contributed by atoms with Gasteiger partial charge in [0.2, 0.25) is 0 Å². The first-order valence-corrected chi connectivity index (χ1v) is 20.9. The average Bonchev–Trinajstić information content (AvgIpc) is 3.66. The number of hydrogen-bond acceptors (Lipinski definition) is 1. The van der Waals surface area contributed by atoms with Crippen LogP contribution in [0.4, 0.5) is 17.1 Å². The van der Waals surface area contributed by atoms with E-state index in [9.17, 15) is 0 Å². The summed E-state index contributed by atoms with van der Waals surface area (Å²) in [7, 11) is 0. The number of fused-ring (bicyclic) bond motifs is 7. The quantitative estimate of drug-likeness (QED) is 0.163. The predicted molar refractivity (Wildman–Crippen MR) is 250 cm³/mol. The van der Waals surface area contributed by atoms with Crippen LogP contribution >= 0.6 is 0 Å². The van der Waals surface area contributed by atoms with Crippen LogP contribution in [-0.4, -0.2) is 0 Å². The Labute approximate surface area is 347 Å². The van der Waals surface area contributed by atoms with Gasteiger partial charge >= 0.3 is 0 Å². The molecule has 59 heavy (non-hydrogen) atoms. The normalized spacial score (nSPS) is 14.0. The Kier molecular flexibility index (Phi) is 7.94. The lowest BCUT2D eigenvalue weighted by Crippen LogP contribution is -2.16.